The maximum Gasteiger partial charge on any atom is 0.223 e. The summed E-state index contributed by atoms with van der Waals surface area (Å²) in [5, 5.41) is 9.13. The second-order valence-corrected chi connectivity index (χ2v) is 13.4. The summed E-state index contributed by atoms with van der Waals surface area (Å²) < 4.78 is 19.2. The van der Waals surface area contributed by atoms with Crippen molar-refractivity contribution in [2.45, 2.75) is 111 Å². The third-order valence-electron chi connectivity index (χ3n) is 9.52. The molecule has 0 spiro atoms. The summed E-state index contributed by atoms with van der Waals surface area (Å²) in [6.07, 6.45) is 16.8. The Morgan fingerprint density at radius 3 is 2.52 bits per heavy atom. The molecular weight excluding hydrogens is 661 g/mol. The summed E-state index contributed by atoms with van der Waals surface area (Å²) in [5.74, 6) is 0.499. The van der Waals surface area contributed by atoms with Gasteiger partial charge in [0, 0.05) is 57.0 Å². The number of anilines is 2. The van der Waals surface area contributed by atoms with E-state index in [0.29, 0.717) is 49.0 Å². The van der Waals surface area contributed by atoms with Crippen LogP contribution in [-0.2, 0) is 14.3 Å². The normalized spacial score (nSPS) is 15.8. The summed E-state index contributed by atoms with van der Waals surface area (Å²) in [7, 11) is 3.50. The Kier molecular flexibility index (Phi) is 21.2. The number of likely N-dealkylation sites (N-methyl/N-ethyl adjacent to an activating group) is 2. The monoisotopic (exact) mass is 726 g/mol. The molecule has 12 nitrogen and oxygen atoms in total. The van der Waals surface area contributed by atoms with Crippen LogP contribution in [0.15, 0.2) is 52.5 Å². The number of ether oxygens (including phenoxy) is 1. The van der Waals surface area contributed by atoms with Crippen LogP contribution in [0.3, 0.4) is 0 Å². The van der Waals surface area contributed by atoms with Gasteiger partial charge in [-0.3, -0.25) is 19.5 Å². The zero-order valence-corrected chi connectivity index (χ0v) is 32.8. The van der Waals surface area contributed by atoms with Gasteiger partial charge in [0.25, 0.3) is 0 Å². The largest absolute Gasteiger partial charge is 0.380 e. The molecule has 1 aromatic carbocycles. The van der Waals surface area contributed by atoms with E-state index in [2.05, 4.69) is 67.7 Å². The minimum Gasteiger partial charge on any atom is -0.380 e. The van der Waals surface area contributed by atoms with Crippen LogP contribution in [0.2, 0.25) is 0 Å². The molecule has 4 N–H and O–H groups in total. The number of guanidine groups is 1. The Hall–Kier alpha value is -4.10. The number of carbonyl (C=O) groups excluding carboxylic acids is 2. The molecule has 0 aliphatic heterocycles. The predicted molar refractivity (Wildman–Crippen MR) is 212 cm³/mol. The number of para-hydroxylation sites is 1. The van der Waals surface area contributed by atoms with Crippen molar-refractivity contribution in [2.75, 3.05) is 50.6 Å². The fourth-order valence-corrected chi connectivity index (χ4v) is 6.06. The zero-order valence-electron chi connectivity index (χ0n) is 32.8. The average Bonchev–Trinajstić information content (AvgIpc) is 3.68. The van der Waals surface area contributed by atoms with E-state index in [1.165, 1.54) is 25.3 Å². The number of halogens is 1. The lowest BCUT2D eigenvalue weighted by Gasteiger charge is -2.29. The van der Waals surface area contributed by atoms with E-state index < -0.39 is 0 Å². The molecule has 2 amide bonds. The van der Waals surface area contributed by atoms with E-state index in [1.54, 1.807) is 49.9 Å². The topological polar surface area (TPSA) is 139 Å². The number of nitrogens with one attached hydrogen (secondary N) is 4. The second-order valence-electron chi connectivity index (χ2n) is 13.4. The van der Waals surface area contributed by atoms with Crippen molar-refractivity contribution in [2.24, 2.45) is 15.9 Å². The van der Waals surface area contributed by atoms with Gasteiger partial charge in [0.1, 0.15) is 5.82 Å². The highest BCUT2D eigenvalue weighted by Gasteiger charge is 2.21. The van der Waals surface area contributed by atoms with Gasteiger partial charge in [0.15, 0.2) is 0 Å². The highest BCUT2D eigenvalue weighted by Crippen LogP contribution is 2.29. The molecule has 2 aromatic rings. The maximum absolute atomic E-state index is 13.9. The van der Waals surface area contributed by atoms with E-state index in [9.17, 15) is 14.0 Å². The van der Waals surface area contributed by atoms with Crippen molar-refractivity contribution in [1.82, 2.24) is 25.5 Å². The molecule has 1 heterocycles. The highest BCUT2D eigenvalue weighted by molar-refractivity contribution is 5.93. The van der Waals surface area contributed by atoms with E-state index in [0.717, 1.165) is 56.6 Å². The van der Waals surface area contributed by atoms with Gasteiger partial charge in [0.2, 0.25) is 18.3 Å². The number of hydrogen-bond donors (Lipinski definition) is 4. The standard InChI is InChI=1S/C26H45N7O.C13H19FN2O2/c1-6-22(32-26(27-5)29-17-24-16-28-19-30-24)18-33(7-2)21(4)13-11-12-20(3)25(34)31-23-14-9-8-10-15-23;1-4-18-8-10(2)16(3)13-11(14)6-5-7-12(13)15-9-17/h6,16-17,19-21,23H,7-15,18H2,1-5H3,(H,27,32)(H,28,30)(H,31,34);5-7,9-10H,4,8H2,1-3H3,(H,15,17)/b22-6-,29-17+;. The molecule has 3 atom stereocenters. The molecule has 3 unspecified atom stereocenters. The van der Waals surface area contributed by atoms with Gasteiger partial charge >= 0.3 is 0 Å². The first-order valence-corrected chi connectivity index (χ1v) is 18.8. The molecule has 3 rings (SSSR count). The fraction of sp³-hybridized carbons (Fsp3) is 0.615. The third kappa shape index (κ3) is 15.6. The SMILES string of the molecule is C/C=C(/CN(CC)C(C)CCCC(C)C(=O)NC1CCCCC1)NC(=NC)/N=C/c1cnc[nH]1.CCOCC(C)N(C)c1c(F)cccc1NC=O. The molecule has 1 fully saturated rings. The number of nitrogens with zero attached hydrogens (tertiary/aromatic N) is 5. The number of rotatable bonds is 19. The molecule has 0 radical (unpaired) electrons. The number of aromatic nitrogens is 2. The summed E-state index contributed by atoms with van der Waals surface area (Å²) in [6.45, 7) is 15.3. The number of aliphatic imine (C=N–C) groups is 2. The van der Waals surface area contributed by atoms with Gasteiger partial charge in [0.05, 0.1) is 42.4 Å². The van der Waals surface area contributed by atoms with E-state index in [-0.39, 0.29) is 23.7 Å². The van der Waals surface area contributed by atoms with E-state index in [1.807, 2.05) is 20.8 Å². The van der Waals surface area contributed by atoms with Crippen LogP contribution >= 0.6 is 0 Å². The van der Waals surface area contributed by atoms with E-state index in [4.69, 9.17) is 4.74 Å². The molecule has 0 saturated heterocycles. The van der Waals surface area contributed by atoms with Crippen LogP contribution in [0.4, 0.5) is 15.8 Å². The molecule has 13 heteroatoms. The van der Waals surface area contributed by atoms with Crippen LogP contribution in [0.5, 0.6) is 0 Å². The fourth-order valence-electron chi connectivity index (χ4n) is 6.06. The van der Waals surface area contributed by atoms with E-state index >= 15 is 0 Å². The Balaban J connectivity index is 0.000000437. The van der Waals surface area contributed by atoms with Gasteiger partial charge < -0.3 is 30.6 Å². The van der Waals surface area contributed by atoms with Gasteiger partial charge in [-0.2, -0.15) is 0 Å². The molecular formula is C39H64FN9O3. The van der Waals surface area contributed by atoms with Gasteiger partial charge in [-0.05, 0) is 72.1 Å². The minimum absolute atomic E-state index is 0.00838. The first kappa shape index (κ1) is 44.1. The third-order valence-corrected chi connectivity index (χ3v) is 9.52. The summed E-state index contributed by atoms with van der Waals surface area (Å²) in [4.78, 5) is 43.0. The minimum atomic E-state index is -0.368. The first-order valence-electron chi connectivity index (χ1n) is 18.8. The summed E-state index contributed by atoms with van der Waals surface area (Å²) in [5.41, 5.74) is 2.72. The van der Waals surface area contributed by atoms with Gasteiger partial charge in [-0.1, -0.05) is 51.7 Å². The maximum atomic E-state index is 13.9. The van der Waals surface area contributed by atoms with Crippen LogP contribution in [-0.4, -0.2) is 97.9 Å². The van der Waals surface area contributed by atoms with Crippen molar-refractivity contribution in [3.63, 3.8) is 0 Å². The zero-order chi connectivity index (χ0) is 38.3. The van der Waals surface area contributed by atoms with Crippen molar-refractivity contribution in [3.8, 4) is 0 Å². The molecule has 1 aromatic heterocycles. The number of allylic oxidation sites excluding steroid dienone is 1. The van der Waals surface area contributed by atoms with Crippen LogP contribution in [0.1, 0.15) is 98.6 Å². The van der Waals surface area contributed by atoms with Crippen molar-refractivity contribution < 1.29 is 18.7 Å². The quantitative estimate of drug-likeness (QED) is 0.0734. The number of carbonyl (C=O) groups is 2. The average molecular weight is 726 g/mol. The summed E-state index contributed by atoms with van der Waals surface area (Å²) >= 11 is 0. The van der Waals surface area contributed by atoms with Gasteiger partial charge in [-0.15, -0.1) is 0 Å². The molecule has 1 saturated carbocycles. The lowest BCUT2D eigenvalue weighted by molar-refractivity contribution is -0.125. The Bertz CT molecular complexity index is 1390. The molecule has 0 bridgehead atoms. The molecule has 1 aliphatic carbocycles. The molecule has 52 heavy (non-hydrogen) atoms. The number of benzene rings is 1. The number of aromatic amines is 1. The smallest absolute Gasteiger partial charge is 0.223 e. The molecule has 290 valence electrons. The van der Waals surface area contributed by atoms with Crippen molar-refractivity contribution in [1.29, 1.82) is 0 Å². The number of hydrogen-bond acceptors (Lipinski definition) is 7. The number of imidazole rings is 1. The van der Waals surface area contributed by atoms with Crippen molar-refractivity contribution >= 4 is 35.9 Å². The Labute approximate surface area is 311 Å². The lowest BCUT2D eigenvalue weighted by atomic mass is 9.94. The number of amides is 2. The second kappa shape index (κ2) is 25.0. The lowest BCUT2D eigenvalue weighted by Crippen LogP contribution is -2.39. The highest BCUT2D eigenvalue weighted by atomic mass is 19.1. The van der Waals surface area contributed by atoms with Crippen LogP contribution in [0.25, 0.3) is 0 Å². The van der Waals surface area contributed by atoms with Crippen LogP contribution in [0, 0.1) is 11.7 Å². The van der Waals surface area contributed by atoms with Gasteiger partial charge in [-0.25, -0.2) is 14.4 Å². The van der Waals surface area contributed by atoms with Crippen molar-refractivity contribution in [3.05, 3.63) is 54.0 Å². The molecule has 1 aliphatic rings. The predicted octanol–water partition coefficient (Wildman–Crippen LogP) is 6.53. The Morgan fingerprint density at radius 1 is 1.15 bits per heavy atom. The Morgan fingerprint density at radius 2 is 1.90 bits per heavy atom. The first-order chi connectivity index (χ1) is 25.1. The number of H-pyrrole nitrogens is 1. The van der Waals surface area contributed by atoms with Crippen LogP contribution < -0.4 is 20.9 Å². The summed E-state index contributed by atoms with van der Waals surface area (Å²) in [6, 6.07) is 5.42.